The number of sulfonamides is 1. The van der Waals surface area contributed by atoms with Crippen LogP contribution in [0, 0.1) is 0 Å². The molecule has 0 atom stereocenters. The third-order valence-electron chi connectivity index (χ3n) is 4.88. The summed E-state index contributed by atoms with van der Waals surface area (Å²) in [5.74, 6) is 0. The summed E-state index contributed by atoms with van der Waals surface area (Å²) >= 11 is 6.06. The van der Waals surface area contributed by atoms with Gasteiger partial charge < -0.3 is 8.94 Å². The first-order chi connectivity index (χ1) is 15.5. The standard InChI is InChI=1S/C23H16ClN3O4S/c24-18-9-10-22-21(14-18)25-23(31-22)27(15-16-5-2-1-3-6-16)32(28,29)19-8-4-7-17(13-19)20-11-12-30-26-20/h1-14H,15H2. The Hall–Kier alpha value is -3.62. The molecule has 0 amide bonds. The van der Waals surface area contributed by atoms with Crippen molar-refractivity contribution in [2.75, 3.05) is 4.31 Å². The van der Waals surface area contributed by atoms with E-state index in [2.05, 4.69) is 10.1 Å². The number of hydrogen-bond acceptors (Lipinski definition) is 6. The van der Waals surface area contributed by atoms with Gasteiger partial charge in [0.15, 0.2) is 5.58 Å². The summed E-state index contributed by atoms with van der Waals surface area (Å²) in [5.41, 5.74) is 2.84. The number of benzene rings is 3. The summed E-state index contributed by atoms with van der Waals surface area (Å²) in [6.45, 7) is 0.0396. The fourth-order valence-corrected chi connectivity index (χ4v) is 4.85. The molecule has 0 fully saturated rings. The van der Waals surface area contributed by atoms with Gasteiger partial charge in [0.25, 0.3) is 10.0 Å². The molecule has 0 radical (unpaired) electrons. The maximum atomic E-state index is 13.8. The summed E-state index contributed by atoms with van der Waals surface area (Å²) in [5, 5.41) is 4.37. The van der Waals surface area contributed by atoms with Crippen molar-refractivity contribution < 1.29 is 17.4 Å². The van der Waals surface area contributed by atoms with E-state index in [-0.39, 0.29) is 17.5 Å². The van der Waals surface area contributed by atoms with Crippen molar-refractivity contribution in [1.82, 2.24) is 10.1 Å². The van der Waals surface area contributed by atoms with E-state index in [0.29, 0.717) is 27.4 Å². The summed E-state index contributed by atoms with van der Waals surface area (Å²) in [7, 11) is -4.04. The van der Waals surface area contributed by atoms with Gasteiger partial charge in [0.05, 0.1) is 11.4 Å². The lowest BCUT2D eigenvalue weighted by Gasteiger charge is -2.21. The van der Waals surface area contributed by atoms with Crippen molar-refractivity contribution in [2.45, 2.75) is 11.4 Å². The van der Waals surface area contributed by atoms with Gasteiger partial charge in [-0.25, -0.2) is 12.7 Å². The van der Waals surface area contributed by atoms with E-state index in [9.17, 15) is 8.42 Å². The van der Waals surface area contributed by atoms with E-state index in [1.54, 1.807) is 42.5 Å². The molecule has 0 aliphatic rings. The van der Waals surface area contributed by atoms with Crippen molar-refractivity contribution in [3.8, 4) is 11.3 Å². The molecular weight excluding hydrogens is 450 g/mol. The fraction of sp³-hybridized carbons (Fsp3) is 0.0435. The van der Waals surface area contributed by atoms with E-state index in [4.69, 9.17) is 20.5 Å². The van der Waals surface area contributed by atoms with Crippen LogP contribution in [0.4, 0.5) is 6.01 Å². The summed E-state index contributed by atoms with van der Waals surface area (Å²) in [4.78, 5) is 4.48. The van der Waals surface area contributed by atoms with E-state index < -0.39 is 10.0 Å². The first-order valence-electron chi connectivity index (χ1n) is 9.64. The van der Waals surface area contributed by atoms with Crippen LogP contribution in [0.25, 0.3) is 22.4 Å². The number of halogens is 1. The smallest absolute Gasteiger partial charge is 0.313 e. The average Bonchev–Trinajstić information content (AvgIpc) is 3.48. The van der Waals surface area contributed by atoms with Crippen LogP contribution < -0.4 is 4.31 Å². The van der Waals surface area contributed by atoms with Gasteiger partial charge in [0, 0.05) is 16.7 Å². The fourth-order valence-electron chi connectivity index (χ4n) is 3.30. The highest BCUT2D eigenvalue weighted by Gasteiger charge is 2.30. The lowest BCUT2D eigenvalue weighted by Crippen LogP contribution is -2.30. The third kappa shape index (κ3) is 3.86. The molecule has 2 aromatic heterocycles. The lowest BCUT2D eigenvalue weighted by atomic mass is 10.2. The number of nitrogens with zero attached hydrogens (tertiary/aromatic N) is 3. The third-order valence-corrected chi connectivity index (χ3v) is 6.83. The zero-order valence-electron chi connectivity index (χ0n) is 16.6. The van der Waals surface area contributed by atoms with Crippen LogP contribution in [0.3, 0.4) is 0 Å². The van der Waals surface area contributed by atoms with Crippen LogP contribution in [-0.4, -0.2) is 18.6 Å². The second-order valence-corrected chi connectivity index (χ2v) is 9.32. The summed E-state index contributed by atoms with van der Waals surface area (Å²) in [6, 6.07) is 22.3. The maximum absolute atomic E-state index is 13.8. The molecule has 0 saturated carbocycles. The Balaban J connectivity index is 1.62. The molecule has 5 rings (SSSR count). The highest BCUT2D eigenvalue weighted by Crippen LogP contribution is 2.31. The molecule has 0 bridgehead atoms. The topological polar surface area (TPSA) is 89.4 Å². The molecule has 0 aliphatic carbocycles. The number of aromatic nitrogens is 2. The Labute approximate surface area is 188 Å². The van der Waals surface area contributed by atoms with E-state index >= 15 is 0 Å². The first-order valence-corrected chi connectivity index (χ1v) is 11.5. The zero-order chi connectivity index (χ0) is 22.1. The summed E-state index contributed by atoms with van der Waals surface area (Å²) < 4.78 is 39.4. The predicted molar refractivity (Wildman–Crippen MR) is 121 cm³/mol. The second kappa shape index (κ2) is 8.14. The average molecular weight is 466 g/mol. The highest BCUT2D eigenvalue weighted by molar-refractivity contribution is 7.92. The Morgan fingerprint density at radius 2 is 1.78 bits per heavy atom. The molecule has 9 heteroatoms. The van der Waals surface area contributed by atoms with Gasteiger partial charge in [-0.2, -0.15) is 4.98 Å². The Morgan fingerprint density at radius 1 is 0.938 bits per heavy atom. The zero-order valence-corrected chi connectivity index (χ0v) is 18.1. The minimum Gasteiger partial charge on any atom is -0.423 e. The van der Waals surface area contributed by atoms with Gasteiger partial charge >= 0.3 is 6.01 Å². The number of rotatable bonds is 6. The number of fused-ring (bicyclic) bond motifs is 1. The van der Waals surface area contributed by atoms with Crippen LogP contribution in [-0.2, 0) is 16.6 Å². The quantitative estimate of drug-likeness (QED) is 0.327. The molecule has 0 saturated heterocycles. The Bertz CT molecular complexity index is 1480. The van der Waals surface area contributed by atoms with Crippen molar-refractivity contribution in [2.24, 2.45) is 0 Å². The number of hydrogen-bond donors (Lipinski definition) is 0. The highest BCUT2D eigenvalue weighted by atomic mass is 35.5. The van der Waals surface area contributed by atoms with Gasteiger partial charge in [-0.1, -0.05) is 59.2 Å². The molecule has 32 heavy (non-hydrogen) atoms. The molecule has 3 aromatic carbocycles. The van der Waals surface area contributed by atoms with Crippen molar-refractivity contribution in [1.29, 1.82) is 0 Å². The molecule has 0 unspecified atom stereocenters. The molecule has 2 heterocycles. The monoisotopic (exact) mass is 465 g/mol. The minimum absolute atomic E-state index is 0.0396. The van der Waals surface area contributed by atoms with Crippen LogP contribution in [0.2, 0.25) is 5.02 Å². The van der Waals surface area contributed by atoms with E-state index in [1.165, 1.54) is 12.3 Å². The van der Waals surface area contributed by atoms with Gasteiger partial charge in [-0.15, -0.1) is 0 Å². The van der Waals surface area contributed by atoms with Crippen molar-refractivity contribution in [3.63, 3.8) is 0 Å². The first kappa shape index (κ1) is 20.3. The lowest BCUT2D eigenvalue weighted by molar-refractivity contribution is 0.422. The largest absolute Gasteiger partial charge is 0.423 e. The number of anilines is 1. The Kier molecular flexibility index (Phi) is 5.16. The maximum Gasteiger partial charge on any atom is 0.313 e. The predicted octanol–water partition coefficient (Wildman–Crippen LogP) is 5.53. The molecule has 7 nitrogen and oxygen atoms in total. The molecule has 0 N–H and O–H groups in total. The SMILES string of the molecule is O=S(=O)(c1cccc(-c2ccon2)c1)N(Cc1ccccc1)c1nc2cc(Cl)ccc2o1. The van der Waals surface area contributed by atoms with Gasteiger partial charge in [-0.3, -0.25) is 0 Å². The van der Waals surface area contributed by atoms with Gasteiger partial charge in [-0.05, 0) is 35.9 Å². The van der Waals surface area contributed by atoms with Gasteiger partial charge in [0.2, 0.25) is 0 Å². The van der Waals surface area contributed by atoms with E-state index in [1.807, 2.05) is 30.3 Å². The van der Waals surface area contributed by atoms with Crippen molar-refractivity contribution in [3.05, 3.63) is 95.7 Å². The molecule has 160 valence electrons. The van der Waals surface area contributed by atoms with Crippen molar-refractivity contribution >= 4 is 38.7 Å². The molecular formula is C23H16ClN3O4S. The minimum atomic E-state index is -4.04. The van der Waals surface area contributed by atoms with Crippen LogP contribution in [0.5, 0.6) is 0 Å². The molecule has 5 aromatic rings. The Morgan fingerprint density at radius 3 is 2.56 bits per heavy atom. The van der Waals surface area contributed by atoms with Crippen LogP contribution in [0.1, 0.15) is 5.56 Å². The van der Waals surface area contributed by atoms with Gasteiger partial charge in [0.1, 0.15) is 17.5 Å². The second-order valence-electron chi connectivity index (χ2n) is 7.02. The van der Waals surface area contributed by atoms with Crippen LogP contribution in [0.15, 0.2) is 99.0 Å². The van der Waals surface area contributed by atoms with E-state index in [0.717, 1.165) is 9.87 Å². The number of oxazole rings is 1. The summed E-state index contributed by atoms with van der Waals surface area (Å²) in [6.07, 6.45) is 1.43. The normalized spacial score (nSPS) is 11.7. The molecule has 0 aliphatic heterocycles. The molecule has 0 spiro atoms. The van der Waals surface area contributed by atoms with Crippen LogP contribution >= 0.6 is 11.6 Å².